The third-order valence-corrected chi connectivity index (χ3v) is 4.50. The standard InChI is InChI=1S/C16H31N3O2/c1-3-4-13(7-10-17)5-6-15(20)19-11-8-14(9-12-19)16(21)18-2/h13-14H,3-12,17H2,1-2H3,(H,18,21). The Balaban J connectivity index is 2.31. The van der Waals surface area contributed by atoms with E-state index in [1.54, 1.807) is 7.05 Å². The Kier molecular flexibility index (Phi) is 8.35. The molecule has 1 unspecified atom stereocenters. The minimum atomic E-state index is 0.0733. The van der Waals surface area contributed by atoms with Gasteiger partial charge in [0.1, 0.15) is 0 Å². The number of nitrogens with zero attached hydrogens (tertiary/aromatic N) is 1. The molecule has 5 heteroatoms. The van der Waals surface area contributed by atoms with Crippen molar-refractivity contribution >= 4 is 11.8 Å². The molecule has 1 rings (SSSR count). The first-order chi connectivity index (χ1) is 10.1. The van der Waals surface area contributed by atoms with Crippen molar-refractivity contribution < 1.29 is 9.59 Å². The van der Waals surface area contributed by atoms with Gasteiger partial charge in [-0.1, -0.05) is 19.8 Å². The van der Waals surface area contributed by atoms with Gasteiger partial charge >= 0.3 is 0 Å². The Labute approximate surface area is 128 Å². The van der Waals surface area contributed by atoms with E-state index in [2.05, 4.69) is 12.2 Å². The van der Waals surface area contributed by atoms with Crippen LogP contribution in [0.3, 0.4) is 0 Å². The summed E-state index contributed by atoms with van der Waals surface area (Å²) in [6.45, 7) is 4.31. The van der Waals surface area contributed by atoms with E-state index in [1.165, 1.54) is 0 Å². The number of amides is 2. The van der Waals surface area contributed by atoms with Gasteiger partial charge in [0.05, 0.1) is 0 Å². The van der Waals surface area contributed by atoms with Crippen LogP contribution in [0.25, 0.3) is 0 Å². The van der Waals surface area contributed by atoms with Crippen LogP contribution >= 0.6 is 0 Å². The number of carbonyl (C=O) groups excluding carboxylic acids is 2. The molecule has 122 valence electrons. The van der Waals surface area contributed by atoms with Gasteiger partial charge in [0.25, 0.3) is 0 Å². The molecular weight excluding hydrogens is 266 g/mol. The molecule has 0 spiro atoms. The Morgan fingerprint density at radius 2 is 1.90 bits per heavy atom. The fourth-order valence-electron chi connectivity index (χ4n) is 3.16. The van der Waals surface area contributed by atoms with Crippen molar-refractivity contribution in [3.8, 4) is 0 Å². The number of piperidine rings is 1. The number of nitrogens with two attached hydrogens (primary N) is 1. The van der Waals surface area contributed by atoms with Crippen LogP contribution in [0.15, 0.2) is 0 Å². The minimum absolute atomic E-state index is 0.0733. The highest BCUT2D eigenvalue weighted by molar-refractivity contribution is 5.79. The molecule has 1 aliphatic heterocycles. The minimum Gasteiger partial charge on any atom is -0.359 e. The molecule has 0 aromatic heterocycles. The summed E-state index contributed by atoms with van der Waals surface area (Å²) in [6.07, 6.45) is 6.45. The summed E-state index contributed by atoms with van der Waals surface area (Å²) in [5.41, 5.74) is 5.63. The zero-order valence-electron chi connectivity index (χ0n) is 13.6. The highest BCUT2D eigenvalue weighted by atomic mass is 16.2. The number of nitrogens with one attached hydrogen (secondary N) is 1. The number of carbonyl (C=O) groups is 2. The number of likely N-dealkylation sites (tertiary alicyclic amines) is 1. The second-order valence-electron chi connectivity index (χ2n) is 6.04. The van der Waals surface area contributed by atoms with Crippen molar-refractivity contribution in [2.24, 2.45) is 17.6 Å². The molecule has 0 aromatic rings. The van der Waals surface area contributed by atoms with Gasteiger partial charge in [-0.2, -0.15) is 0 Å². The fraction of sp³-hybridized carbons (Fsp3) is 0.875. The van der Waals surface area contributed by atoms with Gasteiger partial charge in [0.2, 0.25) is 11.8 Å². The van der Waals surface area contributed by atoms with Crippen molar-refractivity contribution in [1.29, 1.82) is 0 Å². The fourth-order valence-corrected chi connectivity index (χ4v) is 3.16. The van der Waals surface area contributed by atoms with Crippen molar-refractivity contribution in [2.75, 3.05) is 26.7 Å². The first kappa shape index (κ1) is 18.0. The first-order valence-electron chi connectivity index (χ1n) is 8.31. The predicted molar refractivity (Wildman–Crippen MR) is 84.7 cm³/mol. The lowest BCUT2D eigenvalue weighted by Crippen LogP contribution is -2.42. The summed E-state index contributed by atoms with van der Waals surface area (Å²) in [5, 5.41) is 2.69. The molecule has 0 bridgehead atoms. The van der Waals surface area contributed by atoms with Crippen molar-refractivity contribution in [3.05, 3.63) is 0 Å². The van der Waals surface area contributed by atoms with Gasteiger partial charge in [-0.3, -0.25) is 9.59 Å². The predicted octanol–water partition coefficient (Wildman–Crippen LogP) is 1.52. The van der Waals surface area contributed by atoms with Crippen LogP contribution in [-0.2, 0) is 9.59 Å². The number of hydrogen-bond donors (Lipinski definition) is 2. The summed E-state index contributed by atoms with van der Waals surface area (Å²) < 4.78 is 0. The maximum atomic E-state index is 12.3. The average Bonchev–Trinajstić information content (AvgIpc) is 2.52. The molecule has 1 aliphatic rings. The molecule has 1 heterocycles. The third kappa shape index (κ3) is 6.04. The monoisotopic (exact) mass is 297 g/mol. The molecule has 2 amide bonds. The maximum Gasteiger partial charge on any atom is 0.222 e. The quantitative estimate of drug-likeness (QED) is 0.713. The van der Waals surface area contributed by atoms with E-state index in [-0.39, 0.29) is 17.7 Å². The van der Waals surface area contributed by atoms with E-state index < -0.39 is 0 Å². The first-order valence-corrected chi connectivity index (χ1v) is 8.31. The van der Waals surface area contributed by atoms with E-state index in [1.807, 2.05) is 4.90 Å². The smallest absolute Gasteiger partial charge is 0.222 e. The van der Waals surface area contributed by atoms with Crippen molar-refractivity contribution in [2.45, 2.75) is 51.9 Å². The van der Waals surface area contributed by atoms with Crippen molar-refractivity contribution in [1.82, 2.24) is 10.2 Å². The normalized spacial score (nSPS) is 17.6. The van der Waals surface area contributed by atoms with E-state index in [0.717, 1.165) is 38.5 Å². The second-order valence-corrected chi connectivity index (χ2v) is 6.04. The van der Waals surface area contributed by atoms with Gasteiger partial charge in [-0.05, 0) is 38.1 Å². The molecule has 0 saturated carbocycles. The van der Waals surface area contributed by atoms with Gasteiger partial charge in [0, 0.05) is 32.5 Å². The Morgan fingerprint density at radius 1 is 1.24 bits per heavy atom. The SMILES string of the molecule is CCCC(CCN)CCC(=O)N1CCC(C(=O)NC)CC1. The Bertz CT molecular complexity index is 319. The molecular formula is C16H31N3O2. The van der Waals surface area contributed by atoms with E-state index in [9.17, 15) is 9.59 Å². The van der Waals surface area contributed by atoms with Gasteiger partial charge in [0.15, 0.2) is 0 Å². The molecule has 1 atom stereocenters. The van der Waals surface area contributed by atoms with Gasteiger partial charge in [-0.25, -0.2) is 0 Å². The Hall–Kier alpha value is -1.10. The lowest BCUT2D eigenvalue weighted by Gasteiger charge is -2.31. The van der Waals surface area contributed by atoms with Crippen LogP contribution in [0.4, 0.5) is 0 Å². The zero-order valence-corrected chi connectivity index (χ0v) is 13.6. The molecule has 5 nitrogen and oxygen atoms in total. The molecule has 0 aliphatic carbocycles. The van der Waals surface area contributed by atoms with Gasteiger partial charge in [-0.15, -0.1) is 0 Å². The van der Waals surface area contributed by atoms with Crippen molar-refractivity contribution in [3.63, 3.8) is 0 Å². The van der Waals surface area contributed by atoms with E-state index >= 15 is 0 Å². The third-order valence-electron chi connectivity index (χ3n) is 4.50. The maximum absolute atomic E-state index is 12.3. The molecule has 0 radical (unpaired) electrons. The lowest BCUT2D eigenvalue weighted by atomic mass is 9.93. The van der Waals surface area contributed by atoms with Crippen LogP contribution in [0.2, 0.25) is 0 Å². The van der Waals surface area contributed by atoms with E-state index in [4.69, 9.17) is 5.73 Å². The zero-order chi connectivity index (χ0) is 15.7. The average molecular weight is 297 g/mol. The highest BCUT2D eigenvalue weighted by Gasteiger charge is 2.26. The van der Waals surface area contributed by atoms with Crippen LogP contribution in [-0.4, -0.2) is 43.4 Å². The topological polar surface area (TPSA) is 75.4 Å². The summed E-state index contributed by atoms with van der Waals surface area (Å²) >= 11 is 0. The summed E-state index contributed by atoms with van der Waals surface area (Å²) in [6, 6.07) is 0. The summed E-state index contributed by atoms with van der Waals surface area (Å²) in [7, 11) is 1.67. The van der Waals surface area contributed by atoms with Gasteiger partial charge < -0.3 is 16.0 Å². The molecule has 3 N–H and O–H groups in total. The highest BCUT2D eigenvalue weighted by Crippen LogP contribution is 2.21. The number of rotatable bonds is 8. The molecule has 21 heavy (non-hydrogen) atoms. The molecule has 1 saturated heterocycles. The number of hydrogen-bond acceptors (Lipinski definition) is 3. The molecule has 0 aromatic carbocycles. The van der Waals surface area contributed by atoms with E-state index in [0.29, 0.717) is 32.0 Å². The molecule has 1 fully saturated rings. The van der Waals surface area contributed by atoms with Crippen LogP contribution in [0.5, 0.6) is 0 Å². The largest absolute Gasteiger partial charge is 0.359 e. The van der Waals surface area contributed by atoms with Crippen LogP contribution in [0, 0.1) is 11.8 Å². The lowest BCUT2D eigenvalue weighted by molar-refractivity contribution is -0.135. The van der Waals surface area contributed by atoms with Crippen LogP contribution < -0.4 is 11.1 Å². The summed E-state index contributed by atoms with van der Waals surface area (Å²) in [5.74, 6) is 0.994. The summed E-state index contributed by atoms with van der Waals surface area (Å²) in [4.78, 5) is 25.7. The van der Waals surface area contributed by atoms with Crippen LogP contribution in [0.1, 0.15) is 51.9 Å². The Morgan fingerprint density at radius 3 is 2.43 bits per heavy atom. The second kappa shape index (κ2) is 9.77.